The summed E-state index contributed by atoms with van der Waals surface area (Å²) >= 11 is 0. The Morgan fingerprint density at radius 1 is 1.16 bits per heavy atom. The summed E-state index contributed by atoms with van der Waals surface area (Å²) in [4.78, 5) is 2.39. The lowest BCUT2D eigenvalue weighted by atomic mass is 10.0. The van der Waals surface area contributed by atoms with Crippen LogP contribution in [-0.4, -0.2) is 45.8 Å². The number of hydrogen-bond acceptors (Lipinski definition) is 4. The summed E-state index contributed by atoms with van der Waals surface area (Å²) in [7, 11) is 5.37. The zero-order chi connectivity index (χ0) is 14.3. The van der Waals surface area contributed by atoms with E-state index in [2.05, 4.69) is 24.1 Å². The van der Waals surface area contributed by atoms with E-state index in [9.17, 15) is 0 Å². The lowest BCUT2D eigenvalue weighted by Crippen LogP contribution is -2.33. The molecule has 0 amide bonds. The Morgan fingerprint density at radius 2 is 1.84 bits per heavy atom. The van der Waals surface area contributed by atoms with Crippen molar-refractivity contribution < 1.29 is 9.47 Å². The second kappa shape index (κ2) is 8.02. The second-order valence-corrected chi connectivity index (χ2v) is 4.43. The van der Waals surface area contributed by atoms with Gasteiger partial charge in [0.05, 0.1) is 14.2 Å². The standard InChI is InChI=1S/C15H26N2O2/c1-6-17(7-2)11-14(16-3)13-10-12(18-4)8-9-15(13)19-5/h8-10,14,16H,6-7,11H2,1-5H3. The molecule has 0 aliphatic heterocycles. The third kappa shape index (κ3) is 4.11. The second-order valence-electron chi connectivity index (χ2n) is 4.43. The maximum Gasteiger partial charge on any atom is 0.123 e. The van der Waals surface area contributed by atoms with E-state index in [0.717, 1.165) is 36.7 Å². The Labute approximate surface area is 116 Å². The van der Waals surface area contributed by atoms with Crippen molar-refractivity contribution >= 4 is 0 Å². The van der Waals surface area contributed by atoms with E-state index in [1.54, 1.807) is 14.2 Å². The molecule has 0 spiro atoms. The van der Waals surface area contributed by atoms with Crippen LogP contribution in [0.15, 0.2) is 18.2 Å². The summed E-state index contributed by atoms with van der Waals surface area (Å²) in [5.74, 6) is 1.75. The predicted octanol–water partition coefficient (Wildman–Crippen LogP) is 2.31. The van der Waals surface area contributed by atoms with Gasteiger partial charge < -0.3 is 19.7 Å². The molecule has 0 saturated carbocycles. The summed E-state index contributed by atoms with van der Waals surface area (Å²) in [6.45, 7) is 7.40. The molecule has 4 heteroatoms. The van der Waals surface area contributed by atoms with Gasteiger partial charge in [-0.05, 0) is 38.3 Å². The molecule has 0 radical (unpaired) electrons. The first-order valence-electron chi connectivity index (χ1n) is 6.81. The number of nitrogens with zero attached hydrogens (tertiary/aromatic N) is 1. The van der Waals surface area contributed by atoms with Crippen LogP contribution in [-0.2, 0) is 0 Å². The summed E-state index contributed by atoms with van der Waals surface area (Å²) in [5.41, 5.74) is 1.14. The fourth-order valence-corrected chi connectivity index (χ4v) is 2.20. The summed E-state index contributed by atoms with van der Waals surface area (Å²) < 4.78 is 10.8. The van der Waals surface area contributed by atoms with Gasteiger partial charge in [-0.1, -0.05) is 13.8 Å². The van der Waals surface area contributed by atoms with Crippen molar-refractivity contribution in [2.75, 3.05) is 40.9 Å². The molecule has 1 N–H and O–H groups in total. The highest BCUT2D eigenvalue weighted by Gasteiger charge is 2.17. The van der Waals surface area contributed by atoms with Gasteiger partial charge in [0.25, 0.3) is 0 Å². The molecule has 1 aromatic rings. The Bertz CT molecular complexity index is 378. The molecule has 0 heterocycles. The molecular weight excluding hydrogens is 240 g/mol. The minimum absolute atomic E-state index is 0.227. The SMILES string of the molecule is CCN(CC)CC(NC)c1cc(OC)ccc1OC. The molecule has 19 heavy (non-hydrogen) atoms. The molecular formula is C15H26N2O2. The monoisotopic (exact) mass is 266 g/mol. The van der Waals surface area contributed by atoms with E-state index in [0.29, 0.717) is 0 Å². The molecule has 4 nitrogen and oxygen atoms in total. The van der Waals surface area contributed by atoms with E-state index in [1.165, 1.54) is 0 Å². The number of ether oxygens (including phenoxy) is 2. The molecule has 108 valence electrons. The summed E-state index contributed by atoms with van der Waals surface area (Å²) in [6, 6.07) is 6.15. The molecule has 0 aliphatic carbocycles. The fraction of sp³-hybridized carbons (Fsp3) is 0.600. The van der Waals surface area contributed by atoms with Gasteiger partial charge in [0.15, 0.2) is 0 Å². The molecule has 1 rings (SSSR count). The van der Waals surface area contributed by atoms with Crippen LogP contribution < -0.4 is 14.8 Å². The Balaban J connectivity index is 3.01. The first kappa shape index (κ1) is 15.8. The molecule has 0 saturated heterocycles. The molecule has 0 aromatic heterocycles. The lowest BCUT2D eigenvalue weighted by Gasteiger charge is -2.26. The minimum Gasteiger partial charge on any atom is -0.497 e. The highest BCUT2D eigenvalue weighted by Crippen LogP contribution is 2.29. The first-order chi connectivity index (χ1) is 9.19. The van der Waals surface area contributed by atoms with E-state index in [1.807, 2.05) is 25.2 Å². The van der Waals surface area contributed by atoms with E-state index >= 15 is 0 Å². The van der Waals surface area contributed by atoms with Crippen molar-refractivity contribution in [3.8, 4) is 11.5 Å². The van der Waals surface area contributed by atoms with Crippen molar-refractivity contribution in [1.29, 1.82) is 0 Å². The third-order valence-electron chi connectivity index (χ3n) is 3.50. The normalized spacial score (nSPS) is 12.5. The lowest BCUT2D eigenvalue weighted by molar-refractivity contribution is 0.267. The van der Waals surface area contributed by atoms with Crippen molar-refractivity contribution in [2.45, 2.75) is 19.9 Å². The van der Waals surface area contributed by atoms with Crippen LogP contribution in [0, 0.1) is 0 Å². The Hall–Kier alpha value is -1.26. The molecule has 0 bridgehead atoms. The quantitative estimate of drug-likeness (QED) is 0.783. The van der Waals surface area contributed by atoms with Crippen LogP contribution in [0.4, 0.5) is 0 Å². The smallest absolute Gasteiger partial charge is 0.123 e. The number of benzene rings is 1. The zero-order valence-corrected chi connectivity index (χ0v) is 12.7. The minimum atomic E-state index is 0.227. The molecule has 1 aromatic carbocycles. The van der Waals surface area contributed by atoms with Gasteiger partial charge in [0, 0.05) is 18.2 Å². The van der Waals surface area contributed by atoms with Crippen molar-refractivity contribution in [3.63, 3.8) is 0 Å². The maximum absolute atomic E-state index is 5.46. The van der Waals surface area contributed by atoms with Gasteiger partial charge in [-0.3, -0.25) is 0 Å². The van der Waals surface area contributed by atoms with Crippen molar-refractivity contribution in [2.24, 2.45) is 0 Å². The van der Waals surface area contributed by atoms with Gasteiger partial charge >= 0.3 is 0 Å². The van der Waals surface area contributed by atoms with Gasteiger partial charge in [0.2, 0.25) is 0 Å². The van der Waals surface area contributed by atoms with Crippen LogP contribution in [0.2, 0.25) is 0 Å². The number of rotatable bonds is 8. The predicted molar refractivity (Wildman–Crippen MR) is 79.1 cm³/mol. The van der Waals surface area contributed by atoms with Crippen LogP contribution >= 0.6 is 0 Å². The third-order valence-corrected chi connectivity index (χ3v) is 3.50. The van der Waals surface area contributed by atoms with Crippen LogP contribution in [0.3, 0.4) is 0 Å². The average Bonchev–Trinajstić information content (AvgIpc) is 2.48. The van der Waals surface area contributed by atoms with Gasteiger partial charge in [-0.2, -0.15) is 0 Å². The Morgan fingerprint density at radius 3 is 2.32 bits per heavy atom. The first-order valence-corrected chi connectivity index (χ1v) is 6.81. The molecule has 0 fully saturated rings. The Kier molecular flexibility index (Phi) is 6.67. The van der Waals surface area contributed by atoms with Gasteiger partial charge in [-0.15, -0.1) is 0 Å². The van der Waals surface area contributed by atoms with Crippen LogP contribution in [0.1, 0.15) is 25.5 Å². The average molecular weight is 266 g/mol. The summed E-state index contributed by atoms with van der Waals surface area (Å²) in [5, 5.41) is 3.37. The molecule has 0 aliphatic rings. The number of nitrogens with one attached hydrogen (secondary N) is 1. The highest BCUT2D eigenvalue weighted by atomic mass is 16.5. The summed E-state index contributed by atoms with van der Waals surface area (Å²) in [6.07, 6.45) is 0. The topological polar surface area (TPSA) is 33.7 Å². The van der Waals surface area contributed by atoms with Crippen molar-refractivity contribution in [1.82, 2.24) is 10.2 Å². The number of hydrogen-bond donors (Lipinski definition) is 1. The molecule has 1 unspecified atom stereocenters. The fourth-order valence-electron chi connectivity index (χ4n) is 2.20. The highest BCUT2D eigenvalue weighted by molar-refractivity contribution is 5.42. The van der Waals surface area contributed by atoms with E-state index in [4.69, 9.17) is 9.47 Å². The van der Waals surface area contributed by atoms with Gasteiger partial charge in [0.1, 0.15) is 11.5 Å². The largest absolute Gasteiger partial charge is 0.497 e. The van der Waals surface area contributed by atoms with Crippen molar-refractivity contribution in [3.05, 3.63) is 23.8 Å². The van der Waals surface area contributed by atoms with E-state index < -0.39 is 0 Å². The zero-order valence-electron chi connectivity index (χ0n) is 12.7. The maximum atomic E-state index is 5.46. The number of methoxy groups -OCH3 is 2. The molecule has 1 atom stereocenters. The van der Waals surface area contributed by atoms with Crippen LogP contribution in [0.5, 0.6) is 11.5 Å². The van der Waals surface area contributed by atoms with Gasteiger partial charge in [-0.25, -0.2) is 0 Å². The number of likely N-dealkylation sites (N-methyl/N-ethyl adjacent to an activating group) is 2. The van der Waals surface area contributed by atoms with E-state index in [-0.39, 0.29) is 6.04 Å². The van der Waals surface area contributed by atoms with Crippen LogP contribution in [0.25, 0.3) is 0 Å².